The van der Waals surface area contributed by atoms with Crippen LogP contribution in [0.2, 0.25) is 0 Å². The van der Waals surface area contributed by atoms with Gasteiger partial charge in [-0.2, -0.15) is 0 Å². The zero-order valence-corrected chi connectivity index (χ0v) is 17.7. The first-order valence-corrected chi connectivity index (χ1v) is 10.3. The van der Waals surface area contributed by atoms with Crippen molar-refractivity contribution in [2.24, 2.45) is 0 Å². The first-order chi connectivity index (χ1) is 14.4. The number of rotatable bonds is 5. The number of nitrogens with zero attached hydrogens (tertiary/aromatic N) is 4. The Labute approximate surface area is 176 Å². The summed E-state index contributed by atoms with van der Waals surface area (Å²) in [5.74, 6) is 2.05. The van der Waals surface area contributed by atoms with Crippen molar-refractivity contribution in [3.63, 3.8) is 0 Å². The second kappa shape index (κ2) is 8.47. The highest BCUT2D eigenvalue weighted by molar-refractivity contribution is 5.80. The normalized spacial score (nSPS) is 17.6. The van der Waals surface area contributed by atoms with Crippen LogP contribution in [-0.4, -0.2) is 58.3 Å². The molecule has 4 rings (SSSR count). The monoisotopic (exact) mass is 412 g/mol. The standard InChI is InChI=1S/C22H28N4O4/c1-14-10-16-12-26(22(28)15(2)27)13-19(16)24-21(14)25-8-6-17(7-9-25)30-18-4-5-20(29-3)23-11-18/h4-5,10-11,15,17,27H,6-9,12-13H2,1-3H3/t15-/m0/s1. The van der Waals surface area contributed by atoms with Crippen molar-refractivity contribution in [1.29, 1.82) is 0 Å². The third kappa shape index (κ3) is 4.18. The van der Waals surface area contributed by atoms with Crippen LogP contribution < -0.4 is 14.4 Å². The minimum atomic E-state index is -0.986. The lowest BCUT2D eigenvalue weighted by molar-refractivity contribution is -0.139. The van der Waals surface area contributed by atoms with E-state index in [4.69, 9.17) is 14.5 Å². The summed E-state index contributed by atoms with van der Waals surface area (Å²) in [7, 11) is 1.59. The molecule has 1 atom stereocenters. The van der Waals surface area contributed by atoms with Crippen LogP contribution in [0.25, 0.3) is 0 Å². The summed E-state index contributed by atoms with van der Waals surface area (Å²) in [4.78, 5) is 25.1. The van der Waals surface area contributed by atoms with Crippen molar-refractivity contribution in [1.82, 2.24) is 14.9 Å². The molecule has 1 amide bonds. The van der Waals surface area contributed by atoms with Crippen molar-refractivity contribution in [2.75, 3.05) is 25.1 Å². The number of aryl methyl sites for hydroxylation is 1. The van der Waals surface area contributed by atoms with Gasteiger partial charge in [-0.25, -0.2) is 9.97 Å². The number of carbonyl (C=O) groups excluding carboxylic acids is 1. The average Bonchev–Trinajstić information content (AvgIpc) is 3.16. The van der Waals surface area contributed by atoms with E-state index in [1.807, 2.05) is 6.07 Å². The fourth-order valence-electron chi connectivity index (χ4n) is 4.09. The second-order valence-electron chi connectivity index (χ2n) is 7.95. The van der Waals surface area contributed by atoms with Gasteiger partial charge in [0, 0.05) is 38.5 Å². The highest BCUT2D eigenvalue weighted by Gasteiger charge is 2.29. The number of aliphatic hydroxyl groups excluding tert-OH is 1. The Hall–Kier alpha value is -2.87. The molecule has 0 radical (unpaired) electrons. The van der Waals surface area contributed by atoms with Gasteiger partial charge in [-0.15, -0.1) is 0 Å². The van der Waals surface area contributed by atoms with Gasteiger partial charge in [0.15, 0.2) is 0 Å². The number of hydrogen-bond donors (Lipinski definition) is 1. The molecule has 160 valence electrons. The van der Waals surface area contributed by atoms with Crippen LogP contribution in [0.4, 0.5) is 5.82 Å². The number of methoxy groups -OCH3 is 1. The highest BCUT2D eigenvalue weighted by Crippen LogP contribution is 2.30. The van der Waals surface area contributed by atoms with Gasteiger partial charge in [-0.1, -0.05) is 0 Å². The summed E-state index contributed by atoms with van der Waals surface area (Å²) in [6.07, 6.45) is 2.65. The Bertz CT molecular complexity index is 908. The van der Waals surface area contributed by atoms with Gasteiger partial charge >= 0.3 is 0 Å². The lowest BCUT2D eigenvalue weighted by Gasteiger charge is -2.34. The van der Waals surface area contributed by atoms with E-state index in [2.05, 4.69) is 22.9 Å². The first-order valence-electron chi connectivity index (χ1n) is 10.3. The van der Waals surface area contributed by atoms with E-state index < -0.39 is 6.10 Å². The topological polar surface area (TPSA) is 88.0 Å². The molecule has 0 bridgehead atoms. The van der Waals surface area contributed by atoms with E-state index in [9.17, 15) is 9.90 Å². The molecule has 4 heterocycles. The van der Waals surface area contributed by atoms with Crippen molar-refractivity contribution in [3.8, 4) is 11.6 Å². The van der Waals surface area contributed by atoms with Crippen LogP contribution in [0.3, 0.4) is 0 Å². The smallest absolute Gasteiger partial charge is 0.251 e. The summed E-state index contributed by atoms with van der Waals surface area (Å²) < 4.78 is 11.2. The van der Waals surface area contributed by atoms with Crippen LogP contribution in [0.15, 0.2) is 24.4 Å². The second-order valence-corrected chi connectivity index (χ2v) is 7.95. The van der Waals surface area contributed by atoms with Crippen molar-refractivity contribution < 1.29 is 19.4 Å². The maximum Gasteiger partial charge on any atom is 0.251 e. The Morgan fingerprint density at radius 1 is 1.27 bits per heavy atom. The van der Waals surface area contributed by atoms with Gasteiger partial charge in [0.1, 0.15) is 23.8 Å². The summed E-state index contributed by atoms with van der Waals surface area (Å²) in [5.41, 5.74) is 3.10. The molecule has 8 nitrogen and oxygen atoms in total. The van der Waals surface area contributed by atoms with Crippen LogP contribution in [0.5, 0.6) is 11.6 Å². The van der Waals surface area contributed by atoms with Gasteiger partial charge < -0.3 is 24.4 Å². The largest absolute Gasteiger partial charge is 0.489 e. The number of amides is 1. The Balaban J connectivity index is 1.38. The highest BCUT2D eigenvalue weighted by atomic mass is 16.5. The molecule has 8 heteroatoms. The number of pyridine rings is 2. The summed E-state index contributed by atoms with van der Waals surface area (Å²) in [6, 6.07) is 5.80. The van der Waals surface area contributed by atoms with Gasteiger partial charge in [0.25, 0.3) is 5.91 Å². The summed E-state index contributed by atoms with van der Waals surface area (Å²) in [6.45, 7) is 6.25. The van der Waals surface area contributed by atoms with E-state index in [0.717, 1.165) is 54.3 Å². The molecule has 1 fully saturated rings. The lowest BCUT2D eigenvalue weighted by Crippen LogP contribution is -2.39. The fourth-order valence-corrected chi connectivity index (χ4v) is 4.09. The molecule has 1 saturated heterocycles. The quantitative estimate of drug-likeness (QED) is 0.804. The van der Waals surface area contributed by atoms with Crippen molar-refractivity contribution in [3.05, 3.63) is 41.2 Å². The maximum atomic E-state index is 12.1. The summed E-state index contributed by atoms with van der Waals surface area (Å²) >= 11 is 0. The molecule has 2 aromatic heterocycles. The predicted molar refractivity (Wildman–Crippen MR) is 112 cm³/mol. The predicted octanol–water partition coefficient (Wildman–Crippen LogP) is 2.06. The van der Waals surface area contributed by atoms with E-state index in [0.29, 0.717) is 19.0 Å². The molecule has 1 N–H and O–H groups in total. The maximum absolute atomic E-state index is 12.1. The molecule has 0 unspecified atom stereocenters. The average molecular weight is 412 g/mol. The number of fused-ring (bicyclic) bond motifs is 1. The SMILES string of the molecule is COc1ccc(OC2CCN(c3nc4c(cc3C)CN(C(=O)[C@H](C)O)C4)CC2)cn1. The van der Waals surface area contributed by atoms with E-state index in [-0.39, 0.29) is 12.0 Å². The molecule has 0 spiro atoms. The number of aliphatic hydroxyl groups is 1. The number of anilines is 1. The molecular weight excluding hydrogens is 384 g/mol. The Morgan fingerprint density at radius 3 is 2.67 bits per heavy atom. The van der Waals surface area contributed by atoms with Crippen molar-refractivity contribution in [2.45, 2.75) is 52.0 Å². The molecule has 2 aliphatic heterocycles. The fraction of sp³-hybridized carbons (Fsp3) is 0.500. The zero-order chi connectivity index (χ0) is 21.3. The summed E-state index contributed by atoms with van der Waals surface area (Å²) in [5, 5.41) is 9.59. The van der Waals surface area contributed by atoms with Crippen LogP contribution in [0, 0.1) is 6.92 Å². The molecule has 0 saturated carbocycles. The molecule has 0 aromatic carbocycles. The lowest BCUT2D eigenvalue weighted by atomic mass is 10.1. The van der Waals surface area contributed by atoms with Gasteiger partial charge in [-0.3, -0.25) is 4.79 Å². The van der Waals surface area contributed by atoms with E-state index in [1.54, 1.807) is 24.3 Å². The number of hydrogen-bond acceptors (Lipinski definition) is 7. The minimum Gasteiger partial charge on any atom is -0.489 e. The van der Waals surface area contributed by atoms with Gasteiger partial charge in [0.2, 0.25) is 5.88 Å². The van der Waals surface area contributed by atoms with Gasteiger partial charge in [-0.05, 0) is 37.1 Å². The van der Waals surface area contributed by atoms with Gasteiger partial charge in [0.05, 0.1) is 25.5 Å². The van der Waals surface area contributed by atoms with E-state index in [1.165, 1.54) is 6.92 Å². The minimum absolute atomic E-state index is 0.144. The zero-order valence-electron chi connectivity index (χ0n) is 17.7. The Morgan fingerprint density at radius 2 is 2.03 bits per heavy atom. The molecule has 2 aliphatic rings. The third-order valence-electron chi connectivity index (χ3n) is 5.69. The van der Waals surface area contributed by atoms with Crippen molar-refractivity contribution >= 4 is 11.7 Å². The van der Waals surface area contributed by atoms with Crippen LogP contribution in [-0.2, 0) is 17.9 Å². The number of ether oxygens (including phenoxy) is 2. The van der Waals surface area contributed by atoms with Crippen LogP contribution >= 0.6 is 0 Å². The van der Waals surface area contributed by atoms with E-state index >= 15 is 0 Å². The van der Waals surface area contributed by atoms with Crippen LogP contribution in [0.1, 0.15) is 36.6 Å². The Kier molecular flexibility index (Phi) is 5.76. The molecule has 2 aromatic rings. The molecule has 0 aliphatic carbocycles. The number of aromatic nitrogens is 2. The first kappa shape index (κ1) is 20.4. The third-order valence-corrected chi connectivity index (χ3v) is 5.69. The number of piperidine rings is 1. The molecule has 30 heavy (non-hydrogen) atoms. The molecular formula is C22H28N4O4. The number of carbonyl (C=O) groups is 1.